The van der Waals surface area contributed by atoms with Crippen LogP contribution in [0.25, 0.3) is 0 Å². The fraction of sp³-hybridized carbons (Fsp3) is 0.500. The Kier molecular flexibility index (Phi) is 3.84. The van der Waals surface area contributed by atoms with Gasteiger partial charge in [-0.1, -0.05) is 0 Å². The summed E-state index contributed by atoms with van der Waals surface area (Å²) in [6.07, 6.45) is 5.21. The number of anilines is 1. The van der Waals surface area contributed by atoms with Crippen LogP contribution in [0.15, 0.2) is 12.4 Å². The molecule has 0 saturated carbocycles. The summed E-state index contributed by atoms with van der Waals surface area (Å²) >= 11 is 0. The van der Waals surface area contributed by atoms with Crippen LogP contribution in [-0.4, -0.2) is 28.8 Å². The first-order valence-electron chi connectivity index (χ1n) is 5.41. The number of rotatable bonds is 3. The predicted octanol–water partition coefficient (Wildman–Crippen LogP) is 0.247. The quantitative estimate of drug-likeness (QED) is 0.732. The maximum atomic E-state index is 11.6. The van der Waals surface area contributed by atoms with Crippen molar-refractivity contribution in [2.45, 2.75) is 25.6 Å². The minimum absolute atomic E-state index is 0.0447. The summed E-state index contributed by atoms with van der Waals surface area (Å²) in [5, 5.41) is 0. The van der Waals surface area contributed by atoms with Crippen molar-refractivity contribution in [3.63, 3.8) is 0 Å². The van der Waals surface area contributed by atoms with Gasteiger partial charge in [0.15, 0.2) is 17.8 Å². The van der Waals surface area contributed by atoms with Crippen LogP contribution in [0.1, 0.15) is 29.8 Å². The lowest BCUT2D eigenvalue weighted by molar-refractivity contribution is -0.186. The Balaban J connectivity index is 1.87. The molecule has 1 saturated heterocycles. The standard InChI is InChI=1S/C10H14N4O3/c11-9-8(12-4-5-13-9)10(15)14-17-7-3-1-2-6-16-7/h4-5,7H,1-3,6H2,(H2,11,13)(H,14,15)/t7-/m1/s1. The molecule has 17 heavy (non-hydrogen) atoms. The van der Waals surface area contributed by atoms with Crippen LogP contribution in [0, 0.1) is 0 Å². The van der Waals surface area contributed by atoms with Crippen molar-refractivity contribution >= 4 is 11.7 Å². The molecule has 1 aliphatic rings. The zero-order valence-corrected chi connectivity index (χ0v) is 9.26. The van der Waals surface area contributed by atoms with Crippen molar-refractivity contribution in [2.75, 3.05) is 12.3 Å². The number of hydroxylamine groups is 1. The lowest BCUT2D eigenvalue weighted by atomic mass is 10.2. The van der Waals surface area contributed by atoms with Crippen molar-refractivity contribution in [1.82, 2.24) is 15.4 Å². The molecule has 1 aromatic heterocycles. The van der Waals surface area contributed by atoms with E-state index in [9.17, 15) is 4.79 Å². The number of nitrogen functional groups attached to an aromatic ring is 1. The molecule has 0 bridgehead atoms. The number of aromatic nitrogens is 2. The number of amides is 1. The third kappa shape index (κ3) is 3.11. The fourth-order valence-corrected chi connectivity index (χ4v) is 1.50. The predicted molar refractivity (Wildman–Crippen MR) is 58.6 cm³/mol. The van der Waals surface area contributed by atoms with Crippen LogP contribution in [0.4, 0.5) is 5.82 Å². The number of nitrogens with zero attached hydrogens (tertiary/aromatic N) is 2. The lowest BCUT2D eigenvalue weighted by Gasteiger charge is -2.21. The molecule has 1 aromatic rings. The molecular formula is C10H14N4O3. The normalized spacial score (nSPS) is 19.9. The summed E-state index contributed by atoms with van der Waals surface area (Å²) < 4.78 is 5.29. The lowest BCUT2D eigenvalue weighted by Crippen LogP contribution is -2.33. The van der Waals surface area contributed by atoms with Crippen LogP contribution in [0.5, 0.6) is 0 Å². The van der Waals surface area contributed by atoms with Crippen molar-refractivity contribution in [3.05, 3.63) is 18.1 Å². The summed E-state index contributed by atoms with van der Waals surface area (Å²) in [7, 11) is 0. The topological polar surface area (TPSA) is 99.4 Å². The summed E-state index contributed by atoms with van der Waals surface area (Å²) in [5.74, 6) is -0.456. The minimum atomic E-state index is -0.523. The Hall–Kier alpha value is -1.73. The molecule has 1 aliphatic heterocycles. The Morgan fingerprint density at radius 1 is 1.47 bits per heavy atom. The van der Waals surface area contributed by atoms with Gasteiger partial charge < -0.3 is 10.5 Å². The Morgan fingerprint density at radius 3 is 3.00 bits per heavy atom. The smallest absolute Gasteiger partial charge is 0.297 e. The first kappa shape index (κ1) is 11.7. The van der Waals surface area contributed by atoms with Crippen LogP contribution in [0.3, 0.4) is 0 Å². The van der Waals surface area contributed by atoms with E-state index < -0.39 is 12.2 Å². The van der Waals surface area contributed by atoms with E-state index in [-0.39, 0.29) is 11.5 Å². The number of nitrogens with two attached hydrogens (primary N) is 1. The number of hydrogen-bond donors (Lipinski definition) is 2. The maximum absolute atomic E-state index is 11.6. The van der Waals surface area contributed by atoms with E-state index in [1.165, 1.54) is 12.4 Å². The van der Waals surface area contributed by atoms with Gasteiger partial charge in [0.25, 0.3) is 5.91 Å². The summed E-state index contributed by atoms with van der Waals surface area (Å²) in [5.41, 5.74) is 7.82. The average molecular weight is 238 g/mol. The molecule has 3 N–H and O–H groups in total. The van der Waals surface area contributed by atoms with Gasteiger partial charge in [0, 0.05) is 25.4 Å². The molecule has 7 nitrogen and oxygen atoms in total. The van der Waals surface area contributed by atoms with Crippen molar-refractivity contribution < 1.29 is 14.4 Å². The van der Waals surface area contributed by atoms with Crippen molar-refractivity contribution in [3.8, 4) is 0 Å². The third-order valence-electron chi connectivity index (χ3n) is 2.36. The molecule has 0 spiro atoms. The van der Waals surface area contributed by atoms with Gasteiger partial charge in [0.2, 0.25) is 0 Å². The molecule has 2 rings (SSSR count). The monoisotopic (exact) mass is 238 g/mol. The van der Waals surface area contributed by atoms with Gasteiger partial charge in [-0.05, 0) is 12.8 Å². The highest BCUT2D eigenvalue weighted by atomic mass is 16.8. The number of hydrogen-bond acceptors (Lipinski definition) is 6. The first-order valence-corrected chi connectivity index (χ1v) is 5.41. The Morgan fingerprint density at radius 2 is 2.29 bits per heavy atom. The van der Waals surface area contributed by atoms with E-state index >= 15 is 0 Å². The average Bonchev–Trinajstić information content (AvgIpc) is 2.38. The fourth-order valence-electron chi connectivity index (χ4n) is 1.50. The van der Waals surface area contributed by atoms with Crippen LogP contribution < -0.4 is 11.2 Å². The maximum Gasteiger partial charge on any atom is 0.297 e. The van der Waals surface area contributed by atoms with Gasteiger partial charge >= 0.3 is 0 Å². The van der Waals surface area contributed by atoms with Crippen molar-refractivity contribution in [2.24, 2.45) is 0 Å². The molecule has 7 heteroatoms. The van der Waals surface area contributed by atoms with E-state index in [0.29, 0.717) is 6.61 Å². The van der Waals surface area contributed by atoms with Crippen LogP contribution in [-0.2, 0) is 9.57 Å². The van der Waals surface area contributed by atoms with Gasteiger partial charge in [-0.25, -0.2) is 20.3 Å². The largest absolute Gasteiger partial charge is 0.382 e. The van der Waals surface area contributed by atoms with Gasteiger partial charge in [-0.15, -0.1) is 0 Å². The molecule has 1 atom stereocenters. The van der Waals surface area contributed by atoms with E-state index in [1.54, 1.807) is 0 Å². The van der Waals surface area contributed by atoms with E-state index in [1.807, 2.05) is 0 Å². The summed E-state index contributed by atoms with van der Waals surface area (Å²) in [6, 6.07) is 0. The molecule has 1 fully saturated rings. The van der Waals surface area contributed by atoms with Gasteiger partial charge in [0.1, 0.15) is 0 Å². The third-order valence-corrected chi connectivity index (χ3v) is 2.36. The summed E-state index contributed by atoms with van der Waals surface area (Å²) in [4.78, 5) is 24.3. The molecule has 0 aromatic carbocycles. The number of ether oxygens (including phenoxy) is 1. The summed E-state index contributed by atoms with van der Waals surface area (Å²) in [6.45, 7) is 0.647. The molecule has 1 amide bonds. The van der Waals surface area contributed by atoms with Gasteiger partial charge in [-0.3, -0.25) is 4.79 Å². The molecule has 0 aliphatic carbocycles. The molecule has 2 heterocycles. The second-order valence-corrected chi connectivity index (χ2v) is 3.64. The van der Waals surface area contributed by atoms with E-state index in [2.05, 4.69) is 15.4 Å². The molecular weight excluding hydrogens is 224 g/mol. The molecule has 0 unspecified atom stereocenters. The van der Waals surface area contributed by atoms with Crippen LogP contribution in [0.2, 0.25) is 0 Å². The van der Waals surface area contributed by atoms with Crippen LogP contribution >= 0.6 is 0 Å². The highest BCUT2D eigenvalue weighted by molar-refractivity contribution is 5.95. The second kappa shape index (κ2) is 5.55. The number of carbonyl (C=O) groups is 1. The molecule has 92 valence electrons. The number of carbonyl (C=O) groups excluding carboxylic acids is 1. The highest BCUT2D eigenvalue weighted by Crippen LogP contribution is 2.12. The van der Waals surface area contributed by atoms with Crippen molar-refractivity contribution in [1.29, 1.82) is 0 Å². The second-order valence-electron chi connectivity index (χ2n) is 3.64. The highest BCUT2D eigenvalue weighted by Gasteiger charge is 2.18. The zero-order chi connectivity index (χ0) is 12.1. The Labute approximate surface area is 98.3 Å². The molecule has 0 radical (unpaired) electrons. The van der Waals surface area contributed by atoms with E-state index in [0.717, 1.165) is 19.3 Å². The SMILES string of the molecule is Nc1nccnc1C(=O)NO[C@@H]1CCCCO1. The number of nitrogens with one attached hydrogen (secondary N) is 1. The van der Waals surface area contributed by atoms with Gasteiger partial charge in [0.05, 0.1) is 0 Å². The zero-order valence-electron chi connectivity index (χ0n) is 9.26. The Bertz CT molecular complexity index is 393. The van der Waals surface area contributed by atoms with Gasteiger partial charge in [-0.2, -0.15) is 0 Å². The first-order chi connectivity index (χ1) is 8.27. The minimum Gasteiger partial charge on any atom is -0.382 e. The van der Waals surface area contributed by atoms with E-state index in [4.69, 9.17) is 15.3 Å².